The van der Waals surface area contributed by atoms with E-state index in [4.69, 9.17) is 21.1 Å². The van der Waals surface area contributed by atoms with Gasteiger partial charge in [-0.25, -0.2) is 0 Å². The molecule has 0 radical (unpaired) electrons. The Morgan fingerprint density at radius 2 is 1.73 bits per heavy atom. The van der Waals surface area contributed by atoms with E-state index in [1.165, 1.54) is 0 Å². The molecule has 0 spiro atoms. The molecule has 0 saturated carbocycles. The van der Waals surface area contributed by atoms with E-state index in [1.54, 1.807) is 19.1 Å². The van der Waals surface area contributed by atoms with Crippen molar-refractivity contribution in [2.24, 2.45) is 0 Å². The maximum Gasteiger partial charge on any atom is 0.245 e. The lowest BCUT2D eigenvalue weighted by Crippen LogP contribution is -2.56. The predicted octanol–water partition coefficient (Wildman–Crippen LogP) is 2.58. The Hall–Kier alpha value is -1.32. The number of rotatable bonds is 7. The third kappa shape index (κ3) is 5.11. The van der Waals surface area contributed by atoms with Gasteiger partial charge in [-0.05, 0) is 66.3 Å². The molecule has 6 atom stereocenters. The molecule has 0 aliphatic carbocycles. The number of ether oxygens (including phenoxy) is 2. The van der Waals surface area contributed by atoms with Gasteiger partial charge in [-0.15, -0.1) is 0 Å². The lowest BCUT2D eigenvalue weighted by molar-refractivity contribution is -0.202. The fourth-order valence-electron chi connectivity index (χ4n) is 3.50. The third-order valence-electron chi connectivity index (χ3n) is 5.14. The fourth-order valence-corrected chi connectivity index (χ4v) is 4.73. The van der Waals surface area contributed by atoms with Crippen LogP contribution < -0.4 is 4.74 Å². The number of aliphatic hydroxyl groups excluding tert-OH is 3. The van der Waals surface area contributed by atoms with E-state index in [9.17, 15) is 19.9 Å². The summed E-state index contributed by atoms with van der Waals surface area (Å²) in [6, 6.07) is 12.9. The summed E-state index contributed by atoms with van der Waals surface area (Å²) in [6.07, 6.45) is -4.62. The van der Waals surface area contributed by atoms with Crippen LogP contribution in [0.15, 0.2) is 42.5 Å². The molecule has 4 unspecified atom stereocenters. The summed E-state index contributed by atoms with van der Waals surface area (Å²) < 4.78 is 23.5. The topological polar surface area (TPSA) is 102 Å². The van der Waals surface area contributed by atoms with E-state index < -0.39 is 41.0 Å². The maximum atomic E-state index is 12.2. The van der Waals surface area contributed by atoms with Crippen molar-refractivity contribution >= 4 is 22.8 Å². The number of hydrogen-bond donors (Lipinski definition) is 3. The number of benzene rings is 2. The van der Waals surface area contributed by atoms with Crippen LogP contribution in [0.5, 0.6) is 5.75 Å². The molecule has 3 rings (SSSR count). The minimum atomic E-state index is -1.50. The Balaban J connectivity index is 1.84. The summed E-state index contributed by atoms with van der Waals surface area (Å²) in [5.74, 6) is 1.06. The molecule has 1 heterocycles. The molecule has 1 aliphatic heterocycles. The molecule has 30 heavy (non-hydrogen) atoms. The molecule has 2 aromatic rings. The Morgan fingerprint density at radius 3 is 2.37 bits per heavy atom. The van der Waals surface area contributed by atoms with Crippen molar-refractivity contribution in [3.8, 4) is 5.75 Å². The van der Waals surface area contributed by atoms with E-state index in [2.05, 4.69) is 0 Å². The molecular weight excluding hydrogens is 428 g/mol. The first-order chi connectivity index (χ1) is 14.3. The zero-order chi connectivity index (χ0) is 21.8. The number of hydrogen-bond acceptors (Lipinski definition) is 6. The second-order valence-corrected chi connectivity index (χ2v) is 9.38. The SMILES string of the molecule is CCOc1ccc(Cc2cc([C@@H]3O[C@H]([S+]([O-])CC)C(O)C(O)C3O)ccc2Cl)cc1. The largest absolute Gasteiger partial charge is 0.614 e. The molecule has 8 heteroatoms. The van der Waals surface area contributed by atoms with Crippen LogP contribution >= 0.6 is 11.6 Å². The van der Waals surface area contributed by atoms with Crippen LogP contribution in [0, 0.1) is 0 Å². The molecule has 1 saturated heterocycles. The molecule has 6 nitrogen and oxygen atoms in total. The Bertz CT molecular complexity index is 833. The van der Waals surface area contributed by atoms with Crippen LogP contribution in [0.1, 0.15) is 36.6 Å². The summed E-state index contributed by atoms with van der Waals surface area (Å²) in [7, 11) is 0. The van der Waals surface area contributed by atoms with E-state index in [-0.39, 0.29) is 5.75 Å². The van der Waals surface area contributed by atoms with Gasteiger partial charge in [0, 0.05) is 5.02 Å². The summed E-state index contributed by atoms with van der Waals surface area (Å²) in [5.41, 5.74) is 1.37. The van der Waals surface area contributed by atoms with Crippen molar-refractivity contribution in [3.05, 3.63) is 64.2 Å². The van der Waals surface area contributed by atoms with Crippen LogP contribution in [0.3, 0.4) is 0 Å². The minimum absolute atomic E-state index is 0.265. The standard InChI is InChI=1S/C22H27ClO6S/c1-3-28-16-8-5-13(6-9-16)11-15-12-14(7-10-17(15)23)21-19(25)18(24)20(26)22(29-21)30(27)4-2/h5-10,12,18-22,24-26H,3-4,11H2,1-2H3/t18?,19?,20?,21-,22+,30?/m0/s1. The van der Waals surface area contributed by atoms with Gasteiger partial charge in [-0.3, -0.25) is 0 Å². The highest BCUT2D eigenvalue weighted by molar-refractivity contribution is 7.91. The lowest BCUT2D eigenvalue weighted by atomic mass is 9.92. The zero-order valence-corrected chi connectivity index (χ0v) is 18.5. The first-order valence-electron chi connectivity index (χ1n) is 9.92. The van der Waals surface area contributed by atoms with E-state index >= 15 is 0 Å². The first kappa shape index (κ1) is 23.3. The second kappa shape index (κ2) is 10.3. The summed E-state index contributed by atoms with van der Waals surface area (Å²) in [4.78, 5) is 0. The quantitative estimate of drug-likeness (QED) is 0.556. The predicted molar refractivity (Wildman–Crippen MR) is 116 cm³/mol. The van der Waals surface area contributed by atoms with Crippen molar-refractivity contribution in [1.29, 1.82) is 0 Å². The first-order valence-corrected chi connectivity index (χ1v) is 11.7. The molecule has 1 aliphatic rings. The maximum absolute atomic E-state index is 12.2. The van der Waals surface area contributed by atoms with Gasteiger partial charge in [0.05, 0.1) is 6.61 Å². The highest BCUT2D eigenvalue weighted by Gasteiger charge is 2.49. The Morgan fingerprint density at radius 1 is 1.03 bits per heavy atom. The van der Waals surface area contributed by atoms with Crippen LogP contribution in [0.2, 0.25) is 5.02 Å². The Kier molecular flexibility index (Phi) is 8.04. The van der Waals surface area contributed by atoms with Gasteiger partial charge in [-0.2, -0.15) is 0 Å². The molecule has 0 amide bonds. The minimum Gasteiger partial charge on any atom is -0.614 e. The van der Waals surface area contributed by atoms with Crippen LogP contribution in [0.4, 0.5) is 0 Å². The number of aliphatic hydroxyl groups is 3. The monoisotopic (exact) mass is 454 g/mol. The molecule has 164 valence electrons. The number of halogens is 1. The van der Waals surface area contributed by atoms with Crippen molar-refractivity contribution < 1.29 is 29.3 Å². The van der Waals surface area contributed by atoms with Crippen LogP contribution in [-0.4, -0.2) is 56.0 Å². The molecular formula is C22H27ClO6S. The highest BCUT2D eigenvalue weighted by Crippen LogP contribution is 2.36. The van der Waals surface area contributed by atoms with Crippen molar-refractivity contribution in [2.75, 3.05) is 12.4 Å². The average molecular weight is 455 g/mol. The Labute approximate surface area is 184 Å². The highest BCUT2D eigenvalue weighted by atomic mass is 35.5. The van der Waals surface area contributed by atoms with Crippen molar-refractivity contribution in [2.45, 2.75) is 50.1 Å². The fraction of sp³-hybridized carbons (Fsp3) is 0.455. The molecule has 0 aromatic heterocycles. The van der Waals surface area contributed by atoms with Gasteiger partial charge in [0.2, 0.25) is 5.44 Å². The smallest absolute Gasteiger partial charge is 0.245 e. The zero-order valence-electron chi connectivity index (χ0n) is 16.9. The van der Waals surface area contributed by atoms with E-state index in [0.29, 0.717) is 23.6 Å². The average Bonchev–Trinajstić information content (AvgIpc) is 2.75. The van der Waals surface area contributed by atoms with Gasteiger partial charge < -0.3 is 29.3 Å². The summed E-state index contributed by atoms with van der Waals surface area (Å²) in [5, 5.41) is 31.5. The molecule has 1 fully saturated rings. The second-order valence-electron chi connectivity index (χ2n) is 7.17. The van der Waals surface area contributed by atoms with Crippen molar-refractivity contribution in [3.63, 3.8) is 0 Å². The van der Waals surface area contributed by atoms with Gasteiger partial charge in [0.25, 0.3) is 0 Å². The van der Waals surface area contributed by atoms with Crippen molar-refractivity contribution in [1.82, 2.24) is 0 Å². The van der Waals surface area contributed by atoms with E-state index in [1.807, 2.05) is 37.3 Å². The normalized spacial score (nSPS) is 27.6. The van der Waals surface area contributed by atoms with Gasteiger partial charge in [0.15, 0.2) is 6.10 Å². The van der Waals surface area contributed by atoms with Gasteiger partial charge in [-0.1, -0.05) is 35.9 Å². The van der Waals surface area contributed by atoms with E-state index in [0.717, 1.165) is 16.9 Å². The third-order valence-corrected chi connectivity index (χ3v) is 6.99. The molecule has 0 bridgehead atoms. The molecule has 2 aromatic carbocycles. The van der Waals surface area contributed by atoms with Gasteiger partial charge in [0.1, 0.15) is 29.8 Å². The van der Waals surface area contributed by atoms with Gasteiger partial charge >= 0.3 is 0 Å². The van der Waals surface area contributed by atoms with Crippen LogP contribution in [-0.2, 0) is 22.3 Å². The summed E-state index contributed by atoms with van der Waals surface area (Å²) >= 11 is 4.89. The lowest BCUT2D eigenvalue weighted by Gasteiger charge is -2.40. The molecule has 3 N–H and O–H groups in total. The van der Waals surface area contributed by atoms with Crippen LogP contribution in [0.25, 0.3) is 0 Å². The summed E-state index contributed by atoms with van der Waals surface area (Å²) in [6.45, 7) is 4.23.